The van der Waals surface area contributed by atoms with E-state index in [0.717, 1.165) is 12.2 Å². The minimum Gasteiger partial charge on any atom is -0.494 e. The Balaban J connectivity index is 1.83. The molecule has 24 heavy (non-hydrogen) atoms. The van der Waals surface area contributed by atoms with Gasteiger partial charge in [0.1, 0.15) is 5.75 Å². The highest BCUT2D eigenvalue weighted by molar-refractivity contribution is 6.12. The fourth-order valence-corrected chi connectivity index (χ4v) is 2.45. The van der Waals surface area contributed by atoms with Crippen molar-refractivity contribution in [3.8, 4) is 5.75 Å². The summed E-state index contributed by atoms with van der Waals surface area (Å²) in [4.78, 5) is 27.0. The van der Waals surface area contributed by atoms with Gasteiger partial charge in [0.05, 0.1) is 12.2 Å². The standard InChI is InChI=1S/C19H18N2O3/c1-2-11-24-14-9-7-13(8-10-14)21-19(23)17-12-20-18(22)16-6-4-3-5-15(16)17/h3-10,12H,2,11H2,1H3,(H,20,22)(H,21,23). The molecule has 0 saturated heterocycles. The van der Waals surface area contributed by atoms with E-state index in [2.05, 4.69) is 10.3 Å². The summed E-state index contributed by atoms with van der Waals surface area (Å²) in [6.07, 6.45) is 2.39. The monoisotopic (exact) mass is 322 g/mol. The van der Waals surface area contributed by atoms with Crippen molar-refractivity contribution in [1.82, 2.24) is 4.98 Å². The summed E-state index contributed by atoms with van der Waals surface area (Å²) >= 11 is 0. The van der Waals surface area contributed by atoms with Gasteiger partial charge in [0.25, 0.3) is 11.5 Å². The largest absolute Gasteiger partial charge is 0.494 e. The van der Waals surface area contributed by atoms with E-state index in [0.29, 0.717) is 28.6 Å². The van der Waals surface area contributed by atoms with Gasteiger partial charge >= 0.3 is 0 Å². The molecule has 1 amide bonds. The maximum Gasteiger partial charge on any atom is 0.257 e. The Morgan fingerprint density at radius 2 is 1.79 bits per heavy atom. The van der Waals surface area contributed by atoms with Crippen LogP contribution in [0.4, 0.5) is 5.69 Å². The molecule has 122 valence electrons. The highest BCUT2D eigenvalue weighted by atomic mass is 16.5. The number of fused-ring (bicyclic) bond motifs is 1. The van der Waals surface area contributed by atoms with Gasteiger partial charge in [0.15, 0.2) is 0 Å². The van der Waals surface area contributed by atoms with Crippen molar-refractivity contribution in [2.24, 2.45) is 0 Å². The number of hydrogen-bond acceptors (Lipinski definition) is 3. The summed E-state index contributed by atoms with van der Waals surface area (Å²) in [5.74, 6) is 0.494. The molecule has 5 heteroatoms. The molecule has 2 N–H and O–H groups in total. The zero-order valence-corrected chi connectivity index (χ0v) is 13.3. The number of hydrogen-bond donors (Lipinski definition) is 2. The van der Waals surface area contributed by atoms with E-state index in [4.69, 9.17) is 4.74 Å². The molecule has 0 bridgehead atoms. The van der Waals surface area contributed by atoms with E-state index in [1.807, 2.05) is 19.1 Å². The smallest absolute Gasteiger partial charge is 0.257 e. The lowest BCUT2D eigenvalue weighted by Crippen LogP contribution is -2.16. The summed E-state index contributed by atoms with van der Waals surface area (Å²) in [7, 11) is 0. The van der Waals surface area contributed by atoms with Crippen LogP contribution in [-0.2, 0) is 0 Å². The number of aromatic nitrogens is 1. The molecule has 1 aromatic heterocycles. The van der Waals surface area contributed by atoms with Crippen LogP contribution in [0.5, 0.6) is 5.75 Å². The number of carbonyl (C=O) groups excluding carboxylic acids is 1. The van der Waals surface area contributed by atoms with Crippen molar-refractivity contribution in [2.45, 2.75) is 13.3 Å². The normalized spacial score (nSPS) is 10.5. The minimum atomic E-state index is -0.273. The SMILES string of the molecule is CCCOc1ccc(NC(=O)c2c[nH]c(=O)c3ccccc23)cc1. The number of rotatable bonds is 5. The van der Waals surface area contributed by atoms with E-state index in [1.165, 1.54) is 6.20 Å². The maximum atomic E-state index is 12.5. The van der Waals surface area contributed by atoms with Gasteiger partial charge in [0.2, 0.25) is 0 Å². The van der Waals surface area contributed by atoms with Crippen molar-refractivity contribution in [2.75, 3.05) is 11.9 Å². The molecule has 3 rings (SSSR count). The zero-order chi connectivity index (χ0) is 16.9. The third-order valence-electron chi connectivity index (χ3n) is 3.64. The minimum absolute atomic E-state index is 0.209. The number of pyridine rings is 1. The Hall–Kier alpha value is -3.08. The number of ether oxygens (including phenoxy) is 1. The fourth-order valence-electron chi connectivity index (χ4n) is 2.45. The molecule has 3 aromatic rings. The van der Waals surface area contributed by atoms with E-state index in [9.17, 15) is 9.59 Å². The van der Waals surface area contributed by atoms with Gasteiger partial charge in [-0.15, -0.1) is 0 Å². The Labute approximate surface area is 139 Å². The lowest BCUT2D eigenvalue weighted by Gasteiger charge is -2.09. The summed E-state index contributed by atoms with van der Waals surface area (Å²) in [5, 5.41) is 3.96. The molecule has 5 nitrogen and oxygen atoms in total. The molecule has 0 atom stereocenters. The molecule has 0 fully saturated rings. The number of anilines is 1. The molecule has 0 spiro atoms. The van der Waals surface area contributed by atoms with Crippen molar-refractivity contribution < 1.29 is 9.53 Å². The number of amides is 1. The Bertz CT molecular complexity index is 914. The number of carbonyl (C=O) groups is 1. The van der Waals surface area contributed by atoms with Gasteiger partial charge in [-0.25, -0.2) is 0 Å². The van der Waals surface area contributed by atoms with Crippen molar-refractivity contribution in [3.63, 3.8) is 0 Å². The first kappa shape index (κ1) is 15.8. The highest BCUT2D eigenvalue weighted by Gasteiger charge is 2.12. The second-order valence-electron chi connectivity index (χ2n) is 5.40. The second-order valence-corrected chi connectivity index (χ2v) is 5.40. The molecule has 2 aromatic carbocycles. The van der Waals surface area contributed by atoms with Crippen LogP contribution < -0.4 is 15.6 Å². The van der Waals surface area contributed by atoms with Gasteiger partial charge in [0, 0.05) is 22.7 Å². The van der Waals surface area contributed by atoms with Crippen LogP contribution in [0, 0.1) is 0 Å². The van der Waals surface area contributed by atoms with Gasteiger partial charge in [-0.2, -0.15) is 0 Å². The van der Waals surface area contributed by atoms with Crippen LogP contribution in [0.25, 0.3) is 10.8 Å². The van der Waals surface area contributed by atoms with Crippen molar-refractivity contribution in [1.29, 1.82) is 0 Å². The molecular formula is C19H18N2O3. The van der Waals surface area contributed by atoms with Gasteiger partial charge in [-0.05, 0) is 36.8 Å². The summed E-state index contributed by atoms with van der Waals surface area (Å²) in [5.41, 5.74) is 0.884. The molecule has 0 saturated carbocycles. The number of nitrogens with one attached hydrogen (secondary N) is 2. The number of benzene rings is 2. The van der Waals surface area contributed by atoms with Crippen LogP contribution in [-0.4, -0.2) is 17.5 Å². The first-order valence-electron chi connectivity index (χ1n) is 7.83. The average Bonchev–Trinajstić information content (AvgIpc) is 2.61. The molecule has 0 aliphatic heterocycles. The molecule has 0 aliphatic rings. The average molecular weight is 322 g/mol. The van der Waals surface area contributed by atoms with Crippen LogP contribution in [0.3, 0.4) is 0 Å². The Morgan fingerprint density at radius 3 is 2.50 bits per heavy atom. The third kappa shape index (κ3) is 3.30. The van der Waals surface area contributed by atoms with E-state index in [-0.39, 0.29) is 11.5 Å². The topological polar surface area (TPSA) is 71.2 Å². The van der Waals surface area contributed by atoms with Crippen molar-refractivity contribution in [3.05, 3.63) is 70.6 Å². The van der Waals surface area contributed by atoms with Gasteiger partial charge < -0.3 is 15.0 Å². The quantitative estimate of drug-likeness (QED) is 0.754. The number of aromatic amines is 1. The van der Waals surface area contributed by atoms with Crippen molar-refractivity contribution >= 4 is 22.4 Å². The fraction of sp³-hybridized carbons (Fsp3) is 0.158. The molecule has 0 aliphatic carbocycles. The first-order valence-corrected chi connectivity index (χ1v) is 7.83. The van der Waals surface area contributed by atoms with E-state index < -0.39 is 0 Å². The van der Waals surface area contributed by atoms with Gasteiger partial charge in [-0.3, -0.25) is 9.59 Å². The van der Waals surface area contributed by atoms with Crippen LogP contribution in [0.2, 0.25) is 0 Å². The predicted octanol–water partition coefficient (Wildman–Crippen LogP) is 3.57. The van der Waals surface area contributed by atoms with Gasteiger partial charge in [-0.1, -0.05) is 25.1 Å². The summed E-state index contributed by atoms with van der Waals surface area (Å²) in [6.45, 7) is 2.71. The lowest BCUT2D eigenvalue weighted by molar-refractivity contribution is 0.102. The highest BCUT2D eigenvalue weighted by Crippen LogP contribution is 2.19. The lowest BCUT2D eigenvalue weighted by atomic mass is 10.1. The maximum absolute atomic E-state index is 12.5. The first-order chi connectivity index (χ1) is 11.7. The zero-order valence-electron chi connectivity index (χ0n) is 13.3. The number of H-pyrrole nitrogens is 1. The summed E-state index contributed by atoms with van der Waals surface area (Å²) < 4.78 is 5.52. The predicted molar refractivity (Wildman–Crippen MR) is 94.7 cm³/mol. The Kier molecular flexibility index (Phi) is 4.61. The molecule has 0 radical (unpaired) electrons. The van der Waals surface area contributed by atoms with Crippen LogP contribution >= 0.6 is 0 Å². The second kappa shape index (κ2) is 7.00. The molecular weight excluding hydrogens is 304 g/mol. The summed E-state index contributed by atoms with van der Waals surface area (Å²) in [6, 6.07) is 14.2. The Morgan fingerprint density at radius 1 is 1.08 bits per heavy atom. The van der Waals surface area contributed by atoms with Crippen LogP contribution in [0.1, 0.15) is 23.7 Å². The molecule has 0 unspecified atom stereocenters. The van der Waals surface area contributed by atoms with E-state index >= 15 is 0 Å². The molecule has 1 heterocycles. The third-order valence-corrected chi connectivity index (χ3v) is 3.64. The van der Waals surface area contributed by atoms with E-state index in [1.54, 1.807) is 36.4 Å². The van der Waals surface area contributed by atoms with Crippen LogP contribution in [0.15, 0.2) is 59.5 Å².